The maximum Gasteiger partial charge on any atom is 0.0175 e. The molecular weight excluding hydrogens is 925 g/mol. The minimum atomic E-state index is 0.157. The van der Waals surface area contributed by atoms with Gasteiger partial charge >= 0.3 is 0 Å². The maximum atomic E-state index is 2.66. The van der Waals surface area contributed by atoms with Gasteiger partial charge in [0.05, 0.1) is 0 Å². The van der Waals surface area contributed by atoms with Gasteiger partial charge in [0.1, 0.15) is 0 Å². The third-order valence-electron chi connectivity index (χ3n) is 17.8. The van der Waals surface area contributed by atoms with Gasteiger partial charge in [0.15, 0.2) is 0 Å². The lowest BCUT2D eigenvalue weighted by atomic mass is 9.74. The van der Waals surface area contributed by atoms with Crippen LogP contribution in [0.15, 0.2) is 255 Å². The van der Waals surface area contributed by atoms with E-state index in [0.717, 1.165) is 0 Å². The van der Waals surface area contributed by atoms with Gasteiger partial charge in [-0.05, 0) is 176 Å². The average Bonchev–Trinajstić information content (AvgIpc) is 4.25. The summed E-state index contributed by atoms with van der Waals surface area (Å²) < 4.78 is 0. The standard InChI is InChI=1S/C77H48/c1-45-44-64-60-40-42-61-72-62(75-69(52-32-16-14-30-50(52)46-22-6-2-7-23-46)56-36-20-18-34-54(56)66(74(61)75)48-26-10-4-11-27-48)41-38-58(68(60)72)59-39-43-63-73(71(59)64)65(45)77-67(49-28-12-5-13-29-49)55-35-19-21-37-57(55)70(76(63)77)53-33-17-15-31-51(53)47-24-8-3-9-25-47/h2-45,65H,1H3. The number of rotatable bonds is 6. The van der Waals surface area contributed by atoms with E-state index in [2.05, 4.69) is 268 Å². The van der Waals surface area contributed by atoms with E-state index in [-0.39, 0.29) is 11.8 Å². The molecule has 0 N–H and O–H groups in total. The summed E-state index contributed by atoms with van der Waals surface area (Å²) in [6.07, 6.45) is 2.66. The molecule has 3 aliphatic carbocycles. The zero-order chi connectivity index (χ0) is 50.5. The van der Waals surface area contributed by atoms with E-state index in [1.807, 2.05) is 0 Å². The molecule has 0 spiro atoms. The van der Waals surface area contributed by atoms with E-state index >= 15 is 0 Å². The van der Waals surface area contributed by atoms with Crippen LogP contribution in [0.25, 0.3) is 160 Å². The summed E-state index contributed by atoms with van der Waals surface area (Å²) in [6.45, 7) is 2.49. The summed E-state index contributed by atoms with van der Waals surface area (Å²) in [6, 6.07) is 95.9. The second-order valence-corrected chi connectivity index (χ2v) is 21.6. The van der Waals surface area contributed by atoms with Gasteiger partial charge in [0.2, 0.25) is 0 Å². The van der Waals surface area contributed by atoms with Crippen molar-refractivity contribution in [3.63, 3.8) is 0 Å². The zero-order valence-electron chi connectivity index (χ0n) is 42.5. The Morgan fingerprint density at radius 3 is 1.16 bits per heavy atom. The Labute approximate surface area is 447 Å². The van der Waals surface area contributed by atoms with E-state index in [4.69, 9.17) is 0 Å². The molecule has 356 valence electrons. The molecule has 0 nitrogen and oxygen atoms in total. The van der Waals surface area contributed by atoms with Crippen LogP contribution in [0.5, 0.6) is 0 Å². The molecule has 0 saturated heterocycles. The first-order valence-corrected chi connectivity index (χ1v) is 27.3. The van der Waals surface area contributed by atoms with Crippen molar-refractivity contribution in [2.24, 2.45) is 5.92 Å². The molecule has 2 unspecified atom stereocenters. The molecule has 0 saturated carbocycles. The van der Waals surface area contributed by atoms with Crippen molar-refractivity contribution < 1.29 is 0 Å². The lowest BCUT2D eigenvalue weighted by Crippen LogP contribution is -2.20. The molecule has 77 heavy (non-hydrogen) atoms. The van der Waals surface area contributed by atoms with Crippen molar-refractivity contribution in [3.8, 4) is 100 Å². The van der Waals surface area contributed by atoms with Crippen molar-refractivity contribution in [3.05, 3.63) is 271 Å². The molecule has 0 aliphatic heterocycles. The Bertz CT molecular complexity index is 4890. The summed E-state index contributed by atoms with van der Waals surface area (Å²) in [5.74, 6) is 0.372. The number of hydrogen-bond donors (Lipinski definition) is 0. The van der Waals surface area contributed by atoms with E-state index in [9.17, 15) is 0 Å². The fraction of sp³-hybridized carbons (Fsp3) is 0.0390. The number of fused-ring (bicyclic) bond motifs is 10. The Kier molecular flexibility index (Phi) is 8.98. The third-order valence-corrected chi connectivity index (χ3v) is 17.8. The molecule has 3 aliphatic rings. The Morgan fingerprint density at radius 2 is 0.610 bits per heavy atom. The molecular formula is C77H48. The second kappa shape index (κ2) is 16.2. The third kappa shape index (κ3) is 5.82. The van der Waals surface area contributed by atoms with Crippen LogP contribution in [-0.2, 0) is 0 Å². The highest BCUT2D eigenvalue weighted by Crippen LogP contribution is 2.63. The predicted molar refractivity (Wildman–Crippen MR) is 327 cm³/mol. The highest BCUT2D eigenvalue weighted by Gasteiger charge is 2.42. The highest BCUT2D eigenvalue weighted by atomic mass is 14.4. The first-order valence-electron chi connectivity index (χ1n) is 27.3. The van der Waals surface area contributed by atoms with Gasteiger partial charge < -0.3 is 0 Å². The van der Waals surface area contributed by atoms with Gasteiger partial charge in [0, 0.05) is 5.92 Å². The van der Waals surface area contributed by atoms with Crippen LogP contribution in [0.2, 0.25) is 0 Å². The monoisotopic (exact) mass is 972 g/mol. The molecule has 0 radical (unpaired) electrons. The lowest BCUT2D eigenvalue weighted by Gasteiger charge is -2.29. The summed E-state index contributed by atoms with van der Waals surface area (Å²) >= 11 is 0. The molecule has 0 fully saturated rings. The summed E-state index contributed by atoms with van der Waals surface area (Å²) in [5.41, 5.74) is 26.3. The average molecular weight is 973 g/mol. The van der Waals surface area contributed by atoms with E-state index in [1.165, 1.54) is 170 Å². The molecule has 2 atom stereocenters. The zero-order valence-corrected chi connectivity index (χ0v) is 42.5. The highest BCUT2D eigenvalue weighted by molar-refractivity contribution is 6.35. The van der Waals surface area contributed by atoms with E-state index in [0.29, 0.717) is 0 Å². The lowest BCUT2D eigenvalue weighted by molar-refractivity contribution is 0.668. The van der Waals surface area contributed by atoms with Gasteiger partial charge in [-0.15, -0.1) is 0 Å². The van der Waals surface area contributed by atoms with Gasteiger partial charge in [-0.3, -0.25) is 0 Å². The Hall–Kier alpha value is -9.62. The van der Waals surface area contributed by atoms with Gasteiger partial charge in [-0.1, -0.05) is 268 Å². The molecule has 0 aromatic heterocycles. The van der Waals surface area contributed by atoms with Crippen LogP contribution < -0.4 is 5.22 Å². The fourth-order valence-electron chi connectivity index (χ4n) is 14.9. The van der Waals surface area contributed by atoms with Crippen LogP contribution >= 0.6 is 0 Å². The fourth-order valence-corrected chi connectivity index (χ4v) is 14.9. The van der Waals surface area contributed by atoms with Crippen molar-refractivity contribution in [1.29, 1.82) is 0 Å². The molecule has 14 aromatic carbocycles. The van der Waals surface area contributed by atoms with E-state index in [1.54, 1.807) is 0 Å². The topological polar surface area (TPSA) is 0 Å². The largest absolute Gasteiger partial charge is 0.0722 e. The molecule has 14 aromatic rings. The minimum Gasteiger partial charge on any atom is -0.0722 e. The van der Waals surface area contributed by atoms with Crippen molar-refractivity contribution >= 4 is 59.9 Å². The quantitative estimate of drug-likeness (QED) is 0.115. The van der Waals surface area contributed by atoms with Crippen LogP contribution in [-0.4, -0.2) is 0 Å². The summed E-state index contributed by atoms with van der Waals surface area (Å²) in [5, 5.41) is 14.7. The summed E-state index contributed by atoms with van der Waals surface area (Å²) in [4.78, 5) is 0. The SMILES string of the molecule is CC1C=c2c3ccc4c5c(ccc(c6ccc7c(c26)C1c1c-7c(-c2ccccc2-c2ccccc2)c2ccccc2c1-c1ccccc1)c53)-c1c-4c(-c2ccccc2)c2ccccc2c1-c1ccccc1-c1ccccc1. The van der Waals surface area contributed by atoms with Crippen molar-refractivity contribution in [2.45, 2.75) is 12.8 Å². The Morgan fingerprint density at radius 1 is 0.221 bits per heavy atom. The molecule has 0 heterocycles. The smallest absolute Gasteiger partial charge is 0.0175 e. The van der Waals surface area contributed by atoms with E-state index < -0.39 is 0 Å². The van der Waals surface area contributed by atoms with Crippen LogP contribution in [0.4, 0.5) is 0 Å². The number of benzene rings is 14. The maximum absolute atomic E-state index is 2.66. The normalized spacial score (nSPS) is 14.7. The van der Waals surface area contributed by atoms with Crippen molar-refractivity contribution in [2.75, 3.05) is 0 Å². The molecule has 0 amide bonds. The second-order valence-electron chi connectivity index (χ2n) is 21.6. The van der Waals surface area contributed by atoms with Gasteiger partial charge in [0.25, 0.3) is 0 Å². The van der Waals surface area contributed by atoms with Gasteiger partial charge in [-0.25, -0.2) is 0 Å². The summed E-state index contributed by atoms with van der Waals surface area (Å²) in [7, 11) is 0. The van der Waals surface area contributed by atoms with Crippen LogP contribution in [0, 0.1) is 5.92 Å². The Balaban J connectivity index is 0.992. The molecule has 17 rings (SSSR count). The van der Waals surface area contributed by atoms with Crippen LogP contribution in [0.1, 0.15) is 24.0 Å². The van der Waals surface area contributed by atoms with Crippen LogP contribution in [0.3, 0.4) is 0 Å². The molecule has 0 bridgehead atoms. The van der Waals surface area contributed by atoms with Gasteiger partial charge in [-0.2, -0.15) is 0 Å². The molecule has 0 heteroatoms. The first kappa shape index (κ1) is 42.7. The first-order chi connectivity index (χ1) is 38.2. The van der Waals surface area contributed by atoms with Crippen molar-refractivity contribution in [1.82, 2.24) is 0 Å². The minimum absolute atomic E-state index is 0.157. The number of hydrogen-bond acceptors (Lipinski definition) is 0. The predicted octanol–water partition coefficient (Wildman–Crippen LogP) is 20.4.